The molecule has 0 saturated heterocycles. The van der Waals surface area contributed by atoms with Gasteiger partial charge in [-0.2, -0.15) is 4.98 Å². The molecule has 5 nitrogen and oxygen atoms in total. The second-order valence-corrected chi connectivity index (χ2v) is 7.00. The Morgan fingerprint density at radius 1 is 1.21 bits per heavy atom. The van der Waals surface area contributed by atoms with E-state index in [4.69, 9.17) is 28.9 Å². The van der Waals surface area contributed by atoms with E-state index in [-0.39, 0.29) is 11.9 Å². The van der Waals surface area contributed by atoms with E-state index in [1.165, 1.54) is 0 Å². The highest BCUT2D eigenvalue weighted by atomic mass is 35.5. The first-order valence-corrected chi connectivity index (χ1v) is 8.47. The molecular weight excluding hydrogens is 345 g/mol. The number of anilines is 1. The first-order valence-electron chi connectivity index (χ1n) is 7.72. The number of aryl methyl sites for hydroxylation is 1. The highest BCUT2D eigenvalue weighted by molar-refractivity contribution is 6.34. The fourth-order valence-corrected chi connectivity index (χ4v) is 3.26. The molecule has 0 unspecified atom stereocenters. The number of halogens is 2. The van der Waals surface area contributed by atoms with Gasteiger partial charge in [-0.05, 0) is 36.5 Å². The molecule has 0 amide bonds. The molecule has 0 atom stereocenters. The lowest BCUT2D eigenvalue weighted by Crippen LogP contribution is -2.06. The number of hydrogen-bond acceptors (Lipinski definition) is 4. The monoisotopic (exact) mass is 363 g/mol. The second kappa shape index (κ2) is 6.22. The minimum Gasteiger partial charge on any atom is -0.368 e. The smallest absolute Gasteiger partial charge is 0.223 e. The Labute approximate surface area is 150 Å². The van der Waals surface area contributed by atoms with E-state index in [0.29, 0.717) is 17.3 Å². The number of hydrogen-bond donors (Lipinski definition) is 1. The molecule has 3 heterocycles. The zero-order valence-electron chi connectivity index (χ0n) is 14.1. The van der Waals surface area contributed by atoms with Crippen LogP contribution in [0.1, 0.15) is 42.1 Å². The van der Waals surface area contributed by atoms with Crippen LogP contribution in [0.2, 0.25) is 10.2 Å². The van der Waals surface area contributed by atoms with E-state index < -0.39 is 0 Å². The fourth-order valence-electron chi connectivity index (χ4n) is 2.82. The third kappa shape index (κ3) is 2.82. The molecule has 0 spiro atoms. The molecule has 3 aromatic rings. The first-order chi connectivity index (χ1) is 11.3. The van der Waals surface area contributed by atoms with E-state index in [1.54, 1.807) is 6.20 Å². The van der Waals surface area contributed by atoms with Crippen LogP contribution in [0.15, 0.2) is 12.4 Å². The molecule has 3 rings (SSSR count). The Balaban J connectivity index is 2.19. The molecular formula is C17H19Cl2N5. The highest BCUT2D eigenvalue weighted by Gasteiger charge is 2.18. The third-order valence-corrected chi connectivity index (χ3v) is 5.04. The summed E-state index contributed by atoms with van der Waals surface area (Å²) in [5.41, 5.74) is 10.4. The quantitative estimate of drug-likeness (QED) is 0.695. The van der Waals surface area contributed by atoms with Gasteiger partial charge in [-0.3, -0.25) is 4.98 Å². The van der Waals surface area contributed by atoms with Gasteiger partial charge in [0.1, 0.15) is 10.8 Å². The van der Waals surface area contributed by atoms with Crippen LogP contribution in [0.4, 0.5) is 5.95 Å². The minimum absolute atomic E-state index is 0.161. The van der Waals surface area contributed by atoms with Gasteiger partial charge in [0.15, 0.2) is 0 Å². The molecule has 24 heavy (non-hydrogen) atoms. The zero-order chi connectivity index (χ0) is 17.6. The lowest BCUT2D eigenvalue weighted by Gasteiger charge is -2.10. The molecule has 0 aliphatic heterocycles. The van der Waals surface area contributed by atoms with Crippen LogP contribution in [0.5, 0.6) is 0 Å². The Bertz CT molecular complexity index is 931. The van der Waals surface area contributed by atoms with Crippen molar-refractivity contribution in [3.05, 3.63) is 45.0 Å². The summed E-state index contributed by atoms with van der Waals surface area (Å²) in [5.74, 6) is 0.447. The minimum atomic E-state index is 0.161. The summed E-state index contributed by atoms with van der Waals surface area (Å²) in [6.07, 6.45) is 3.83. The van der Waals surface area contributed by atoms with Crippen molar-refractivity contribution >= 4 is 40.2 Å². The molecule has 7 heteroatoms. The molecule has 0 aliphatic rings. The van der Waals surface area contributed by atoms with Crippen molar-refractivity contribution in [2.75, 3.05) is 5.73 Å². The van der Waals surface area contributed by atoms with E-state index >= 15 is 0 Å². The van der Waals surface area contributed by atoms with Crippen LogP contribution in [0.3, 0.4) is 0 Å². The van der Waals surface area contributed by atoms with E-state index in [9.17, 15) is 0 Å². The molecule has 126 valence electrons. The standard InChI is InChI=1S/C17H19Cl2N5/c1-8(2)11-6-24(16-13(11)15(19)22-17(20)23-16)7-12-10(4)14(18)9(3)5-21-12/h5-6,8H,7H2,1-4H3,(H2,20,22,23). The van der Waals surface area contributed by atoms with Crippen molar-refractivity contribution in [3.63, 3.8) is 0 Å². The number of fused-ring (bicyclic) bond motifs is 1. The van der Waals surface area contributed by atoms with Crippen LogP contribution >= 0.6 is 23.2 Å². The maximum Gasteiger partial charge on any atom is 0.223 e. The zero-order valence-corrected chi connectivity index (χ0v) is 15.6. The number of nitrogens with two attached hydrogens (primary N) is 1. The predicted octanol–water partition coefficient (Wildman–Crippen LogP) is 4.50. The topological polar surface area (TPSA) is 69.6 Å². The van der Waals surface area contributed by atoms with Gasteiger partial charge in [-0.1, -0.05) is 37.0 Å². The lowest BCUT2D eigenvalue weighted by atomic mass is 10.0. The molecule has 0 saturated carbocycles. The number of pyridine rings is 1. The van der Waals surface area contributed by atoms with Gasteiger partial charge < -0.3 is 10.3 Å². The summed E-state index contributed by atoms with van der Waals surface area (Å²) < 4.78 is 2.01. The van der Waals surface area contributed by atoms with Crippen molar-refractivity contribution in [1.82, 2.24) is 19.5 Å². The normalized spacial score (nSPS) is 11.6. The summed E-state index contributed by atoms with van der Waals surface area (Å²) in [5, 5.41) is 1.97. The molecule has 3 aromatic heterocycles. The molecule has 0 bridgehead atoms. The van der Waals surface area contributed by atoms with E-state index in [0.717, 1.165) is 32.8 Å². The molecule has 2 N–H and O–H groups in total. The molecule has 0 fully saturated rings. The highest BCUT2D eigenvalue weighted by Crippen LogP contribution is 2.32. The van der Waals surface area contributed by atoms with Crippen LogP contribution in [0.25, 0.3) is 11.0 Å². The van der Waals surface area contributed by atoms with Gasteiger partial charge in [0.05, 0.1) is 17.6 Å². The van der Waals surface area contributed by atoms with E-state index in [2.05, 4.69) is 28.8 Å². The van der Waals surface area contributed by atoms with Gasteiger partial charge in [0.25, 0.3) is 0 Å². The average Bonchev–Trinajstić information content (AvgIpc) is 2.87. The first kappa shape index (κ1) is 17.0. The lowest BCUT2D eigenvalue weighted by molar-refractivity contribution is 0.775. The van der Waals surface area contributed by atoms with E-state index in [1.807, 2.05) is 24.6 Å². The van der Waals surface area contributed by atoms with Crippen LogP contribution in [-0.4, -0.2) is 19.5 Å². The van der Waals surface area contributed by atoms with Gasteiger partial charge >= 0.3 is 0 Å². The number of nitrogen functional groups attached to an aromatic ring is 1. The van der Waals surface area contributed by atoms with Crippen molar-refractivity contribution in [1.29, 1.82) is 0 Å². The van der Waals surface area contributed by atoms with Crippen molar-refractivity contribution < 1.29 is 0 Å². The second-order valence-electron chi connectivity index (χ2n) is 6.27. The summed E-state index contributed by atoms with van der Waals surface area (Å²) >= 11 is 12.7. The van der Waals surface area contributed by atoms with Gasteiger partial charge in [0, 0.05) is 17.4 Å². The number of rotatable bonds is 3. The number of aromatic nitrogens is 4. The van der Waals surface area contributed by atoms with Crippen LogP contribution in [-0.2, 0) is 6.54 Å². The maximum absolute atomic E-state index is 6.36. The Kier molecular flexibility index (Phi) is 4.40. The summed E-state index contributed by atoms with van der Waals surface area (Å²) in [6, 6.07) is 0. The Morgan fingerprint density at radius 3 is 2.58 bits per heavy atom. The summed E-state index contributed by atoms with van der Waals surface area (Å²) in [6.45, 7) is 8.68. The van der Waals surface area contributed by atoms with Crippen molar-refractivity contribution in [2.45, 2.75) is 40.2 Å². The average molecular weight is 364 g/mol. The number of nitrogens with zero attached hydrogens (tertiary/aromatic N) is 4. The van der Waals surface area contributed by atoms with Gasteiger partial charge in [-0.15, -0.1) is 0 Å². The largest absolute Gasteiger partial charge is 0.368 e. The Morgan fingerprint density at radius 2 is 1.92 bits per heavy atom. The fraction of sp³-hybridized carbons (Fsp3) is 0.353. The van der Waals surface area contributed by atoms with Crippen LogP contribution in [0, 0.1) is 13.8 Å². The molecule has 0 aliphatic carbocycles. The molecule has 0 aromatic carbocycles. The predicted molar refractivity (Wildman–Crippen MR) is 98.9 cm³/mol. The van der Waals surface area contributed by atoms with Gasteiger partial charge in [0.2, 0.25) is 5.95 Å². The van der Waals surface area contributed by atoms with Crippen molar-refractivity contribution in [3.8, 4) is 0 Å². The van der Waals surface area contributed by atoms with Gasteiger partial charge in [-0.25, -0.2) is 4.98 Å². The SMILES string of the molecule is Cc1cnc(Cn2cc(C(C)C)c3c(Cl)nc(N)nc32)c(C)c1Cl. The Hall–Kier alpha value is -1.85. The summed E-state index contributed by atoms with van der Waals surface area (Å²) in [7, 11) is 0. The maximum atomic E-state index is 6.36. The van der Waals surface area contributed by atoms with Crippen LogP contribution < -0.4 is 5.73 Å². The molecule has 0 radical (unpaired) electrons. The third-order valence-electron chi connectivity index (χ3n) is 4.18. The van der Waals surface area contributed by atoms with Crippen molar-refractivity contribution in [2.24, 2.45) is 0 Å². The summed E-state index contributed by atoms with van der Waals surface area (Å²) in [4.78, 5) is 13.0.